The molecule has 224 valence electrons. The van der Waals surface area contributed by atoms with E-state index in [-0.39, 0.29) is 48.8 Å². The molecule has 4 aromatic carbocycles. The molecule has 0 bridgehead atoms. The van der Waals surface area contributed by atoms with Gasteiger partial charge in [0.05, 0.1) is 0 Å². The van der Waals surface area contributed by atoms with Crippen molar-refractivity contribution in [1.82, 2.24) is 4.90 Å². The molecule has 0 saturated heterocycles. The third-order valence-electron chi connectivity index (χ3n) is 8.57. The SMILES string of the molecule is NCc1cc([C@@H]2C[C@H]2N(C(=O)O)[C@@H]2C[C@H]2c2ccc(NC(=O)c3ccccc3)c(CN)c2)ccc1NC(=O)c1ccccc1. The van der Waals surface area contributed by atoms with E-state index >= 15 is 0 Å². The second kappa shape index (κ2) is 12.3. The van der Waals surface area contributed by atoms with Crippen molar-refractivity contribution in [1.29, 1.82) is 0 Å². The summed E-state index contributed by atoms with van der Waals surface area (Å²) in [6.07, 6.45) is 0.531. The van der Waals surface area contributed by atoms with Crippen LogP contribution in [0.1, 0.15) is 67.6 Å². The first-order valence-corrected chi connectivity index (χ1v) is 14.8. The van der Waals surface area contributed by atoms with Gasteiger partial charge in [-0.15, -0.1) is 0 Å². The Labute approximate surface area is 255 Å². The van der Waals surface area contributed by atoms with Gasteiger partial charge in [-0.3, -0.25) is 9.59 Å². The van der Waals surface area contributed by atoms with E-state index < -0.39 is 6.09 Å². The molecule has 4 aromatic rings. The molecule has 2 saturated carbocycles. The van der Waals surface area contributed by atoms with Gasteiger partial charge in [0.25, 0.3) is 11.8 Å². The fourth-order valence-corrected chi connectivity index (χ4v) is 6.06. The summed E-state index contributed by atoms with van der Waals surface area (Å²) in [5, 5.41) is 16.1. The molecule has 2 aliphatic carbocycles. The number of carboxylic acid groups (broad SMARTS) is 1. The lowest BCUT2D eigenvalue weighted by Gasteiger charge is -2.21. The zero-order chi connectivity index (χ0) is 30.8. The number of carbonyl (C=O) groups excluding carboxylic acids is 2. The first-order chi connectivity index (χ1) is 21.4. The molecular formula is C35H35N5O4. The van der Waals surface area contributed by atoms with Gasteiger partial charge in [-0.25, -0.2) is 4.79 Å². The van der Waals surface area contributed by atoms with Crippen LogP contribution in [-0.2, 0) is 13.1 Å². The second-order valence-electron chi connectivity index (χ2n) is 11.4. The monoisotopic (exact) mass is 589 g/mol. The number of nitrogens with one attached hydrogen (secondary N) is 2. The van der Waals surface area contributed by atoms with E-state index in [1.807, 2.05) is 72.8 Å². The molecule has 2 fully saturated rings. The first-order valence-electron chi connectivity index (χ1n) is 14.8. The maximum atomic E-state index is 12.7. The third kappa shape index (κ3) is 6.06. The minimum absolute atomic E-state index is 0.0618. The van der Waals surface area contributed by atoms with Crippen molar-refractivity contribution < 1.29 is 19.5 Å². The van der Waals surface area contributed by atoms with Crippen molar-refractivity contribution in [3.8, 4) is 0 Å². The number of amides is 3. The molecule has 0 heterocycles. The first kappa shape index (κ1) is 29.1. The highest BCUT2D eigenvalue weighted by molar-refractivity contribution is 6.05. The molecule has 2 aliphatic rings. The maximum absolute atomic E-state index is 12.7. The van der Waals surface area contributed by atoms with Crippen LogP contribution in [0.2, 0.25) is 0 Å². The van der Waals surface area contributed by atoms with Crippen molar-refractivity contribution in [3.63, 3.8) is 0 Å². The summed E-state index contributed by atoms with van der Waals surface area (Å²) in [6, 6.07) is 29.3. The van der Waals surface area contributed by atoms with Crippen LogP contribution in [0.3, 0.4) is 0 Å². The summed E-state index contributed by atoms with van der Waals surface area (Å²) >= 11 is 0. The molecule has 3 amide bonds. The van der Waals surface area contributed by atoms with Crippen LogP contribution in [0.4, 0.5) is 16.2 Å². The molecule has 9 heteroatoms. The highest BCUT2D eigenvalue weighted by atomic mass is 16.4. The summed E-state index contributed by atoms with van der Waals surface area (Å²) in [7, 11) is 0. The minimum Gasteiger partial charge on any atom is -0.465 e. The van der Waals surface area contributed by atoms with Crippen molar-refractivity contribution >= 4 is 29.3 Å². The number of nitrogens with two attached hydrogens (primary N) is 2. The van der Waals surface area contributed by atoms with E-state index in [2.05, 4.69) is 10.6 Å². The van der Waals surface area contributed by atoms with Crippen LogP contribution >= 0.6 is 0 Å². The van der Waals surface area contributed by atoms with E-state index in [0.29, 0.717) is 22.5 Å². The Morgan fingerprint density at radius 3 is 1.43 bits per heavy atom. The van der Waals surface area contributed by atoms with Gasteiger partial charge in [0.2, 0.25) is 0 Å². The average Bonchev–Trinajstić information content (AvgIpc) is 3.99. The van der Waals surface area contributed by atoms with Crippen molar-refractivity contribution in [2.75, 3.05) is 10.6 Å². The predicted octanol–water partition coefficient (Wildman–Crippen LogP) is 5.50. The summed E-state index contributed by atoms with van der Waals surface area (Å²) in [5.41, 5.74) is 18.1. The molecule has 44 heavy (non-hydrogen) atoms. The smallest absolute Gasteiger partial charge is 0.407 e. The van der Waals surface area contributed by atoms with Crippen LogP contribution in [0.5, 0.6) is 0 Å². The largest absolute Gasteiger partial charge is 0.465 e. The van der Waals surface area contributed by atoms with Gasteiger partial charge in [-0.1, -0.05) is 60.7 Å². The molecule has 6 rings (SSSR count). The highest BCUT2D eigenvalue weighted by Crippen LogP contribution is 2.53. The number of carbonyl (C=O) groups is 3. The number of benzene rings is 4. The summed E-state index contributed by atoms with van der Waals surface area (Å²) in [6.45, 7) is 0.489. The van der Waals surface area contributed by atoms with Crippen molar-refractivity contribution in [2.24, 2.45) is 11.5 Å². The third-order valence-corrected chi connectivity index (χ3v) is 8.57. The molecule has 0 radical (unpaired) electrons. The zero-order valence-corrected chi connectivity index (χ0v) is 24.1. The standard InChI is InChI=1S/C35H35N5O4/c36-19-25-15-23(11-13-29(25)38-33(41)21-7-3-1-4-8-21)27-17-31(27)40(35(43)44)32-18-28(32)24-12-14-30(26(16-24)20-37)39-34(42)22-9-5-2-6-10-22/h1-16,27-28,31-32H,17-20,36-37H2,(H,38,41)(H,39,42)(H,43,44)/t27-,28-,31+,32+/m0/s1. The fraction of sp³-hybridized carbons (Fsp3) is 0.229. The molecule has 7 N–H and O–H groups in total. The molecular weight excluding hydrogens is 554 g/mol. The Kier molecular flexibility index (Phi) is 8.15. The van der Waals surface area contributed by atoms with Crippen molar-refractivity contribution in [2.45, 2.75) is 49.9 Å². The quantitative estimate of drug-likeness (QED) is 0.165. The number of nitrogens with zero attached hydrogens (tertiary/aromatic N) is 1. The van der Waals surface area contributed by atoms with Crippen LogP contribution in [0, 0.1) is 0 Å². The van der Waals surface area contributed by atoms with Gasteiger partial charge >= 0.3 is 6.09 Å². The van der Waals surface area contributed by atoms with E-state index in [9.17, 15) is 19.5 Å². The van der Waals surface area contributed by atoms with Gasteiger partial charge in [0, 0.05) is 59.5 Å². The van der Waals surface area contributed by atoms with Gasteiger partial charge in [0.15, 0.2) is 0 Å². The number of hydrogen-bond donors (Lipinski definition) is 5. The van der Waals surface area contributed by atoms with Crippen LogP contribution < -0.4 is 22.1 Å². The predicted molar refractivity (Wildman–Crippen MR) is 170 cm³/mol. The van der Waals surface area contributed by atoms with Crippen LogP contribution in [0.25, 0.3) is 0 Å². The Bertz CT molecular complexity index is 1580. The maximum Gasteiger partial charge on any atom is 0.407 e. The summed E-state index contributed by atoms with van der Waals surface area (Å²) in [5.74, 6) is -0.296. The Morgan fingerprint density at radius 1 is 0.659 bits per heavy atom. The Balaban J connectivity index is 1.13. The lowest BCUT2D eigenvalue weighted by atomic mass is 10.0. The molecule has 0 aromatic heterocycles. The fourth-order valence-electron chi connectivity index (χ4n) is 6.06. The number of hydrogen-bond acceptors (Lipinski definition) is 5. The Morgan fingerprint density at radius 2 is 1.07 bits per heavy atom. The molecule has 0 aliphatic heterocycles. The molecule has 0 spiro atoms. The molecule has 9 nitrogen and oxygen atoms in total. The van der Waals surface area contributed by atoms with Gasteiger partial charge < -0.3 is 32.1 Å². The average molecular weight is 590 g/mol. The van der Waals surface area contributed by atoms with Gasteiger partial charge in [0.1, 0.15) is 0 Å². The van der Waals surface area contributed by atoms with Gasteiger partial charge in [-0.2, -0.15) is 0 Å². The van der Waals surface area contributed by atoms with Crippen LogP contribution in [-0.4, -0.2) is 40.0 Å². The van der Waals surface area contributed by atoms with Gasteiger partial charge in [-0.05, 0) is 71.5 Å². The molecule has 4 atom stereocenters. The van der Waals surface area contributed by atoms with Crippen LogP contribution in [0.15, 0.2) is 97.1 Å². The van der Waals surface area contributed by atoms with E-state index in [1.165, 1.54) is 0 Å². The lowest BCUT2D eigenvalue weighted by Crippen LogP contribution is -2.35. The van der Waals surface area contributed by atoms with E-state index in [0.717, 1.165) is 35.1 Å². The van der Waals surface area contributed by atoms with Crippen molar-refractivity contribution in [3.05, 3.63) is 130 Å². The van der Waals surface area contributed by atoms with E-state index in [4.69, 9.17) is 11.5 Å². The summed E-state index contributed by atoms with van der Waals surface area (Å²) < 4.78 is 0. The molecule has 0 unspecified atom stereocenters. The second-order valence-corrected chi connectivity index (χ2v) is 11.4. The number of rotatable bonds is 10. The topological polar surface area (TPSA) is 151 Å². The zero-order valence-electron chi connectivity index (χ0n) is 24.1. The highest BCUT2D eigenvalue weighted by Gasteiger charge is 2.54. The van der Waals surface area contributed by atoms with E-state index in [1.54, 1.807) is 29.2 Å². The summed E-state index contributed by atoms with van der Waals surface area (Å²) in [4.78, 5) is 39.4. The normalized spacial score (nSPS) is 20.0. The number of anilines is 2. The lowest BCUT2D eigenvalue weighted by molar-refractivity contribution is 0.101. The Hall–Kier alpha value is -4.99. The minimum atomic E-state index is -0.929.